The van der Waals surface area contributed by atoms with Crippen molar-refractivity contribution in [3.8, 4) is 6.07 Å². The Morgan fingerprint density at radius 2 is 1.95 bits per heavy atom. The summed E-state index contributed by atoms with van der Waals surface area (Å²) in [6.07, 6.45) is -4.56. The van der Waals surface area contributed by atoms with E-state index >= 15 is 0 Å². The van der Waals surface area contributed by atoms with Crippen molar-refractivity contribution < 1.29 is 13.2 Å². The van der Waals surface area contributed by atoms with E-state index in [0.29, 0.717) is 10.2 Å². The van der Waals surface area contributed by atoms with Gasteiger partial charge in [0.25, 0.3) is 0 Å². The molecule has 1 aromatic carbocycles. The summed E-state index contributed by atoms with van der Waals surface area (Å²) in [6.45, 7) is 1.85. The van der Waals surface area contributed by atoms with Crippen molar-refractivity contribution >= 4 is 27.4 Å². The number of alkyl halides is 3. The van der Waals surface area contributed by atoms with Crippen LogP contribution in [-0.2, 0) is 6.18 Å². The molecule has 21 heavy (non-hydrogen) atoms. The fourth-order valence-corrected chi connectivity index (χ4v) is 2.01. The van der Waals surface area contributed by atoms with Gasteiger partial charge in [-0.3, -0.25) is 0 Å². The number of anilines is 2. The summed E-state index contributed by atoms with van der Waals surface area (Å²) in [6, 6.07) is 9.06. The molecule has 108 valence electrons. The number of rotatable bonds is 2. The molecule has 0 radical (unpaired) electrons. The minimum Gasteiger partial charge on any atom is -0.338 e. The van der Waals surface area contributed by atoms with Crippen LogP contribution in [0.1, 0.15) is 16.8 Å². The van der Waals surface area contributed by atoms with Crippen molar-refractivity contribution in [2.45, 2.75) is 13.1 Å². The molecular weight excluding hydrogens is 347 g/mol. The number of hydrogen-bond acceptors (Lipinski definition) is 3. The SMILES string of the molecule is Cc1ccc(Br)c(Nc2nc(C(F)(F)F)ccc2C#N)c1. The molecule has 1 aromatic heterocycles. The second kappa shape index (κ2) is 5.74. The maximum absolute atomic E-state index is 12.7. The van der Waals surface area contributed by atoms with E-state index in [-0.39, 0.29) is 11.4 Å². The molecular formula is C14H9BrF3N3. The normalized spacial score (nSPS) is 11.0. The first kappa shape index (κ1) is 15.3. The van der Waals surface area contributed by atoms with E-state index < -0.39 is 11.9 Å². The molecule has 0 aliphatic heterocycles. The lowest BCUT2D eigenvalue weighted by atomic mass is 10.2. The van der Waals surface area contributed by atoms with Gasteiger partial charge in [-0.25, -0.2) is 4.98 Å². The Labute approximate surface area is 127 Å². The summed E-state index contributed by atoms with van der Waals surface area (Å²) < 4.78 is 38.8. The number of nitriles is 1. The number of aromatic nitrogens is 1. The largest absolute Gasteiger partial charge is 0.433 e. The highest BCUT2D eigenvalue weighted by Crippen LogP contribution is 2.32. The molecule has 0 aliphatic carbocycles. The van der Waals surface area contributed by atoms with Crippen LogP contribution in [0.5, 0.6) is 0 Å². The van der Waals surface area contributed by atoms with Gasteiger partial charge in [-0.1, -0.05) is 6.07 Å². The third kappa shape index (κ3) is 3.52. The Hall–Kier alpha value is -2.07. The highest BCUT2D eigenvalue weighted by molar-refractivity contribution is 9.10. The van der Waals surface area contributed by atoms with E-state index in [1.807, 2.05) is 19.1 Å². The van der Waals surface area contributed by atoms with Crippen molar-refractivity contribution in [2.75, 3.05) is 5.32 Å². The van der Waals surface area contributed by atoms with Gasteiger partial charge < -0.3 is 5.32 Å². The Balaban J connectivity index is 2.47. The molecule has 2 rings (SSSR count). The lowest BCUT2D eigenvalue weighted by Crippen LogP contribution is -2.10. The first-order chi connectivity index (χ1) is 9.81. The minimum absolute atomic E-state index is 0.0383. The van der Waals surface area contributed by atoms with Crippen LogP contribution in [0.3, 0.4) is 0 Å². The maximum Gasteiger partial charge on any atom is 0.433 e. The third-order valence-corrected chi connectivity index (χ3v) is 3.37. The second-order valence-corrected chi connectivity index (χ2v) is 5.16. The molecule has 1 heterocycles. The summed E-state index contributed by atoms with van der Waals surface area (Å²) in [7, 11) is 0. The van der Waals surface area contributed by atoms with E-state index in [1.165, 1.54) is 0 Å². The van der Waals surface area contributed by atoms with Gasteiger partial charge in [0.15, 0.2) is 0 Å². The predicted molar refractivity (Wildman–Crippen MR) is 76.1 cm³/mol. The highest BCUT2D eigenvalue weighted by atomic mass is 79.9. The van der Waals surface area contributed by atoms with E-state index in [1.54, 1.807) is 12.1 Å². The smallest absolute Gasteiger partial charge is 0.338 e. The zero-order valence-corrected chi connectivity index (χ0v) is 12.4. The van der Waals surface area contributed by atoms with Gasteiger partial charge in [0.1, 0.15) is 17.6 Å². The number of pyridine rings is 1. The van der Waals surface area contributed by atoms with Gasteiger partial charge in [-0.15, -0.1) is 0 Å². The summed E-state index contributed by atoms with van der Waals surface area (Å²) >= 11 is 3.30. The lowest BCUT2D eigenvalue weighted by molar-refractivity contribution is -0.141. The van der Waals surface area contributed by atoms with E-state index in [2.05, 4.69) is 26.2 Å². The summed E-state index contributed by atoms with van der Waals surface area (Å²) in [5, 5.41) is 11.8. The van der Waals surface area contributed by atoms with Crippen molar-refractivity contribution in [3.63, 3.8) is 0 Å². The standard InChI is InChI=1S/C14H9BrF3N3/c1-8-2-4-10(15)11(6-8)20-13-9(7-19)3-5-12(21-13)14(16,17)18/h2-6H,1H3,(H,20,21). The van der Waals surface area contributed by atoms with E-state index in [4.69, 9.17) is 5.26 Å². The van der Waals surface area contributed by atoms with E-state index in [9.17, 15) is 13.2 Å². The number of aryl methyl sites for hydroxylation is 1. The first-order valence-electron chi connectivity index (χ1n) is 5.83. The molecule has 0 fully saturated rings. The molecule has 0 saturated carbocycles. The molecule has 0 atom stereocenters. The molecule has 2 aromatic rings. The van der Waals surface area contributed by atoms with Crippen molar-refractivity contribution in [1.29, 1.82) is 5.26 Å². The number of nitrogens with zero attached hydrogens (tertiary/aromatic N) is 2. The van der Waals surface area contributed by atoms with Gasteiger partial charge in [0, 0.05) is 4.47 Å². The molecule has 0 bridgehead atoms. The summed E-state index contributed by atoms with van der Waals surface area (Å²) in [4.78, 5) is 3.50. The molecule has 3 nitrogen and oxygen atoms in total. The van der Waals surface area contributed by atoms with Crippen LogP contribution in [0.15, 0.2) is 34.8 Å². The Bertz CT molecular complexity index is 720. The number of nitrogens with one attached hydrogen (secondary N) is 1. The maximum atomic E-state index is 12.7. The molecule has 7 heteroatoms. The zero-order valence-electron chi connectivity index (χ0n) is 10.8. The van der Waals surface area contributed by atoms with Crippen LogP contribution >= 0.6 is 15.9 Å². The van der Waals surface area contributed by atoms with Gasteiger partial charge in [-0.2, -0.15) is 18.4 Å². The van der Waals surface area contributed by atoms with Crippen LogP contribution in [0, 0.1) is 18.3 Å². The highest BCUT2D eigenvalue weighted by Gasteiger charge is 2.33. The van der Waals surface area contributed by atoms with Crippen molar-refractivity contribution in [2.24, 2.45) is 0 Å². The molecule has 1 N–H and O–H groups in total. The number of hydrogen-bond donors (Lipinski definition) is 1. The fourth-order valence-electron chi connectivity index (χ4n) is 1.66. The fraction of sp³-hybridized carbons (Fsp3) is 0.143. The topological polar surface area (TPSA) is 48.7 Å². The van der Waals surface area contributed by atoms with Gasteiger partial charge in [-0.05, 0) is 52.7 Å². The third-order valence-electron chi connectivity index (χ3n) is 2.68. The van der Waals surface area contributed by atoms with Crippen LogP contribution < -0.4 is 5.32 Å². The molecule has 0 amide bonds. The molecule has 0 aliphatic rings. The van der Waals surface area contributed by atoms with E-state index in [0.717, 1.165) is 17.7 Å². The average molecular weight is 356 g/mol. The molecule has 0 unspecified atom stereocenters. The van der Waals surface area contributed by atoms with Crippen LogP contribution in [0.4, 0.5) is 24.7 Å². The monoisotopic (exact) mass is 355 g/mol. The Morgan fingerprint density at radius 1 is 1.24 bits per heavy atom. The van der Waals surface area contributed by atoms with Crippen molar-refractivity contribution in [3.05, 3.63) is 51.6 Å². The summed E-state index contributed by atoms with van der Waals surface area (Å²) in [5.74, 6) is -0.126. The van der Waals surface area contributed by atoms with Crippen LogP contribution in [0.25, 0.3) is 0 Å². The van der Waals surface area contributed by atoms with Crippen LogP contribution in [-0.4, -0.2) is 4.98 Å². The predicted octanol–water partition coefficient (Wildman–Crippen LogP) is 4.79. The van der Waals surface area contributed by atoms with Gasteiger partial charge in [0.05, 0.1) is 11.3 Å². The average Bonchev–Trinajstić information content (AvgIpc) is 2.42. The Kier molecular flexibility index (Phi) is 4.19. The van der Waals surface area contributed by atoms with Gasteiger partial charge >= 0.3 is 6.18 Å². The molecule has 0 spiro atoms. The second-order valence-electron chi connectivity index (χ2n) is 4.31. The Morgan fingerprint density at radius 3 is 2.57 bits per heavy atom. The zero-order chi connectivity index (χ0) is 15.6. The lowest BCUT2D eigenvalue weighted by Gasteiger charge is -2.12. The molecule has 0 saturated heterocycles. The van der Waals surface area contributed by atoms with Crippen molar-refractivity contribution in [1.82, 2.24) is 4.98 Å². The summed E-state index contributed by atoms with van der Waals surface area (Å²) in [5.41, 5.74) is 0.452. The first-order valence-corrected chi connectivity index (χ1v) is 6.62. The number of halogens is 4. The number of benzene rings is 1. The van der Waals surface area contributed by atoms with Gasteiger partial charge in [0.2, 0.25) is 0 Å². The quantitative estimate of drug-likeness (QED) is 0.842. The van der Waals surface area contributed by atoms with Crippen LogP contribution in [0.2, 0.25) is 0 Å². The minimum atomic E-state index is -4.56.